The van der Waals surface area contributed by atoms with Crippen molar-refractivity contribution in [2.45, 2.75) is 32.7 Å². The molecule has 1 heterocycles. The lowest BCUT2D eigenvalue weighted by Crippen LogP contribution is -2.39. The average Bonchev–Trinajstić information content (AvgIpc) is 2.54. The highest BCUT2D eigenvalue weighted by Crippen LogP contribution is 2.27. The van der Waals surface area contributed by atoms with Crippen molar-refractivity contribution < 1.29 is 23.7 Å². The normalized spacial score (nSPS) is 22.3. The summed E-state index contributed by atoms with van der Waals surface area (Å²) in [6, 6.07) is 9.72. The van der Waals surface area contributed by atoms with Crippen LogP contribution in [-0.2, 0) is 23.7 Å². The molecule has 2 rings (SSSR count). The van der Waals surface area contributed by atoms with E-state index in [0.29, 0.717) is 26.2 Å². The molecule has 5 heteroatoms. The van der Waals surface area contributed by atoms with E-state index in [1.165, 1.54) is 0 Å². The number of esters is 1. The summed E-state index contributed by atoms with van der Waals surface area (Å²) in [4.78, 5) is 12.2. The summed E-state index contributed by atoms with van der Waals surface area (Å²) in [5.74, 6) is -0.250. The predicted octanol–water partition coefficient (Wildman–Crippen LogP) is 2.71. The summed E-state index contributed by atoms with van der Waals surface area (Å²) in [7, 11) is 1.62. The minimum Gasteiger partial charge on any atom is -0.457 e. The van der Waals surface area contributed by atoms with Gasteiger partial charge in [0, 0.05) is 19.3 Å². The Morgan fingerprint density at radius 3 is 2.45 bits per heavy atom. The monoisotopic (exact) mass is 308 g/mol. The van der Waals surface area contributed by atoms with Crippen LogP contribution < -0.4 is 0 Å². The molecule has 0 atom stereocenters. The van der Waals surface area contributed by atoms with Crippen molar-refractivity contribution in [3.05, 3.63) is 35.9 Å². The van der Waals surface area contributed by atoms with Gasteiger partial charge in [-0.05, 0) is 20.3 Å². The fourth-order valence-corrected chi connectivity index (χ4v) is 2.13. The fraction of sp³-hybridized carbons (Fsp3) is 0.588. The van der Waals surface area contributed by atoms with Crippen LogP contribution in [0.25, 0.3) is 0 Å². The van der Waals surface area contributed by atoms with Crippen LogP contribution >= 0.6 is 0 Å². The predicted molar refractivity (Wildman–Crippen MR) is 81.2 cm³/mol. The lowest BCUT2D eigenvalue weighted by molar-refractivity contribution is -0.232. The molecule has 0 amide bonds. The summed E-state index contributed by atoms with van der Waals surface area (Å²) >= 11 is 0. The van der Waals surface area contributed by atoms with E-state index < -0.39 is 11.7 Å². The van der Waals surface area contributed by atoms with Crippen molar-refractivity contribution in [3.63, 3.8) is 0 Å². The first kappa shape index (κ1) is 16.9. The van der Waals surface area contributed by atoms with Gasteiger partial charge in [0.05, 0.1) is 18.6 Å². The van der Waals surface area contributed by atoms with Crippen LogP contribution in [0.2, 0.25) is 0 Å². The van der Waals surface area contributed by atoms with Crippen LogP contribution in [0.3, 0.4) is 0 Å². The van der Waals surface area contributed by atoms with Gasteiger partial charge in [-0.25, -0.2) is 0 Å². The Hall–Kier alpha value is -1.43. The number of carbonyl (C=O) groups excluding carboxylic acids is 1. The number of hydrogen-bond acceptors (Lipinski definition) is 5. The molecule has 1 fully saturated rings. The highest BCUT2D eigenvalue weighted by atomic mass is 16.7. The first-order valence-electron chi connectivity index (χ1n) is 7.51. The Kier molecular flexibility index (Phi) is 5.94. The standard InChI is InChI=1S/C17H24O5/c1-17(2,9-10-19-3)16(18)22-14-11-20-15(21-12-14)13-7-5-4-6-8-13/h4-8,14-15H,9-12H2,1-3H3. The van der Waals surface area contributed by atoms with E-state index in [4.69, 9.17) is 18.9 Å². The molecule has 1 aromatic rings. The smallest absolute Gasteiger partial charge is 0.312 e. The minimum atomic E-state index is -0.577. The maximum absolute atomic E-state index is 12.2. The second-order valence-electron chi connectivity index (χ2n) is 6.06. The molecule has 1 aliphatic heterocycles. The molecule has 0 radical (unpaired) electrons. The van der Waals surface area contributed by atoms with Crippen molar-refractivity contribution in [1.29, 1.82) is 0 Å². The van der Waals surface area contributed by atoms with Crippen LogP contribution in [0.5, 0.6) is 0 Å². The largest absolute Gasteiger partial charge is 0.457 e. The maximum atomic E-state index is 12.2. The zero-order valence-electron chi connectivity index (χ0n) is 13.4. The van der Waals surface area contributed by atoms with Gasteiger partial charge in [0.15, 0.2) is 6.29 Å². The van der Waals surface area contributed by atoms with E-state index in [0.717, 1.165) is 5.56 Å². The second kappa shape index (κ2) is 7.72. The molecule has 0 saturated carbocycles. The summed E-state index contributed by atoms with van der Waals surface area (Å²) in [5, 5.41) is 0. The summed E-state index contributed by atoms with van der Waals surface area (Å²) < 4.78 is 21.8. The molecular formula is C17H24O5. The van der Waals surface area contributed by atoms with E-state index >= 15 is 0 Å². The first-order chi connectivity index (χ1) is 10.5. The molecule has 0 spiro atoms. The molecule has 22 heavy (non-hydrogen) atoms. The Labute approximate surface area is 131 Å². The van der Waals surface area contributed by atoms with E-state index in [2.05, 4.69) is 0 Å². The van der Waals surface area contributed by atoms with E-state index in [1.807, 2.05) is 44.2 Å². The molecule has 1 aliphatic rings. The number of rotatable bonds is 6. The van der Waals surface area contributed by atoms with Gasteiger partial charge < -0.3 is 18.9 Å². The molecule has 1 aromatic carbocycles. The second-order valence-corrected chi connectivity index (χ2v) is 6.06. The van der Waals surface area contributed by atoms with Crippen LogP contribution in [0.4, 0.5) is 0 Å². The molecule has 1 saturated heterocycles. The molecule has 0 bridgehead atoms. The van der Waals surface area contributed by atoms with Crippen molar-refractivity contribution in [2.75, 3.05) is 26.9 Å². The maximum Gasteiger partial charge on any atom is 0.312 e. The van der Waals surface area contributed by atoms with E-state index in [-0.39, 0.29) is 12.1 Å². The van der Waals surface area contributed by atoms with Gasteiger partial charge in [0.1, 0.15) is 6.10 Å². The number of ether oxygens (including phenoxy) is 4. The molecule has 0 aliphatic carbocycles. The molecule has 0 aromatic heterocycles. The molecule has 122 valence electrons. The molecular weight excluding hydrogens is 284 g/mol. The fourth-order valence-electron chi connectivity index (χ4n) is 2.13. The Balaban J connectivity index is 1.81. The Morgan fingerprint density at radius 2 is 1.86 bits per heavy atom. The number of hydrogen-bond donors (Lipinski definition) is 0. The highest BCUT2D eigenvalue weighted by molar-refractivity contribution is 5.76. The average molecular weight is 308 g/mol. The third kappa shape index (κ3) is 4.53. The van der Waals surface area contributed by atoms with Crippen LogP contribution in [0, 0.1) is 5.41 Å². The lowest BCUT2D eigenvalue weighted by atomic mass is 9.90. The third-order valence-corrected chi connectivity index (χ3v) is 3.70. The zero-order chi connectivity index (χ0) is 16.0. The Bertz CT molecular complexity index is 463. The number of carbonyl (C=O) groups is 1. The van der Waals surface area contributed by atoms with Gasteiger partial charge in [-0.3, -0.25) is 4.79 Å². The van der Waals surface area contributed by atoms with Gasteiger partial charge in [-0.1, -0.05) is 30.3 Å². The van der Waals surface area contributed by atoms with E-state index in [1.54, 1.807) is 7.11 Å². The quantitative estimate of drug-likeness (QED) is 0.756. The van der Waals surface area contributed by atoms with Crippen molar-refractivity contribution in [1.82, 2.24) is 0 Å². The van der Waals surface area contributed by atoms with Crippen molar-refractivity contribution in [2.24, 2.45) is 5.41 Å². The SMILES string of the molecule is COCCC(C)(C)C(=O)OC1COC(c2ccccc2)OC1. The van der Waals surface area contributed by atoms with Crippen molar-refractivity contribution >= 4 is 5.97 Å². The van der Waals surface area contributed by atoms with Crippen LogP contribution in [-0.4, -0.2) is 39.0 Å². The van der Waals surface area contributed by atoms with Gasteiger partial charge >= 0.3 is 5.97 Å². The number of methoxy groups -OCH3 is 1. The molecule has 0 unspecified atom stereocenters. The van der Waals surface area contributed by atoms with Gasteiger partial charge in [-0.2, -0.15) is 0 Å². The first-order valence-corrected chi connectivity index (χ1v) is 7.51. The van der Waals surface area contributed by atoms with Crippen LogP contribution in [0.15, 0.2) is 30.3 Å². The van der Waals surface area contributed by atoms with Gasteiger partial charge in [0.25, 0.3) is 0 Å². The highest BCUT2D eigenvalue weighted by Gasteiger charge is 2.33. The summed E-state index contributed by atoms with van der Waals surface area (Å²) in [6.07, 6.45) is -0.143. The topological polar surface area (TPSA) is 54.0 Å². The van der Waals surface area contributed by atoms with Gasteiger partial charge in [0.2, 0.25) is 0 Å². The Morgan fingerprint density at radius 1 is 1.23 bits per heavy atom. The summed E-state index contributed by atoms with van der Waals surface area (Å²) in [6.45, 7) is 4.91. The van der Waals surface area contributed by atoms with Crippen LogP contribution in [0.1, 0.15) is 32.1 Å². The summed E-state index contributed by atoms with van der Waals surface area (Å²) in [5.41, 5.74) is 0.388. The number of benzene rings is 1. The van der Waals surface area contributed by atoms with Crippen molar-refractivity contribution in [3.8, 4) is 0 Å². The zero-order valence-corrected chi connectivity index (χ0v) is 13.4. The minimum absolute atomic E-state index is 0.250. The lowest BCUT2D eigenvalue weighted by Gasteiger charge is -2.31. The molecule has 0 N–H and O–H groups in total. The third-order valence-electron chi connectivity index (χ3n) is 3.70. The molecule has 5 nitrogen and oxygen atoms in total. The van der Waals surface area contributed by atoms with E-state index in [9.17, 15) is 4.79 Å². The van der Waals surface area contributed by atoms with Gasteiger partial charge in [-0.15, -0.1) is 0 Å².